The van der Waals surface area contributed by atoms with Crippen LogP contribution in [0.15, 0.2) is 18.2 Å². The minimum Gasteiger partial charge on any atom is -0.456 e. The molecule has 25 heavy (non-hydrogen) atoms. The Labute approximate surface area is 155 Å². The smallest absolute Gasteiger partial charge is 0.407 e. The maximum atomic E-state index is 11.7. The lowest BCUT2D eigenvalue weighted by Gasteiger charge is -2.19. The quantitative estimate of drug-likeness (QED) is 0.725. The summed E-state index contributed by atoms with van der Waals surface area (Å²) in [5, 5.41) is 5.40. The lowest BCUT2D eigenvalue weighted by molar-refractivity contribution is -0.147. The highest BCUT2D eigenvalue weighted by molar-refractivity contribution is 6.44. The molecule has 9 heteroatoms. The van der Waals surface area contributed by atoms with Crippen molar-refractivity contribution in [3.8, 4) is 0 Å². The summed E-state index contributed by atoms with van der Waals surface area (Å²) < 4.78 is 9.83. The molecule has 0 aromatic heterocycles. The molecule has 0 saturated carbocycles. The van der Waals surface area contributed by atoms with Crippen LogP contribution in [0.4, 0.5) is 10.5 Å². The number of rotatable bonds is 6. The molecule has 0 bridgehead atoms. The van der Waals surface area contributed by atoms with Crippen molar-refractivity contribution in [3.05, 3.63) is 28.2 Å². The van der Waals surface area contributed by atoms with Gasteiger partial charge in [-0.1, -0.05) is 29.3 Å². The molecule has 0 unspecified atom stereocenters. The van der Waals surface area contributed by atoms with E-state index in [9.17, 15) is 14.4 Å². The van der Waals surface area contributed by atoms with E-state index in [2.05, 4.69) is 10.6 Å². The maximum absolute atomic E-state index is 11.7. The number of ether oxygens (including phenoxy) is 2. The summed E-state index contributed by atoms with van der Waals surface area (Å²) in [7, 11) is 0. The predicted molar refractivity (Wildman–Crippen MR) is 94.9 cm³/mol. The van der Waals surface area contributed by atoms with Gasteiger partial charge in [-0.2, -0.15) is 0 Å². The minimum absolute atomic E-state index is 0.0372. The summed E-state index contributed by atoms with van der Waals surface area (Å²) in [6.07, 6.45) is -0.724. The number of halogens is 2. The second-order valence-corrected chi connectivity index (χ2v) is 6.77. The van der Waals surface area contributed by atoms with Crippen LogP contribution in [0.2, 0.25) is 10.0 Å². The van der Waals surface area contributed by atoms with Crippen LogP contribution in [0, 0.1) is 0 Å². The van der Waals surface area contributed by atoms with E-state index in [1.807, 2.05) is 0 Å². The second kappa shape index (κ2) is 9.48. The van der Waals surface area contributed by atoms with Gasteiger partial charge in [0.15, 0.2) is 6.61 Å². The van der Waals surface area contributed by atoms with Crippen LogP contribution >= 0.6 is 23.2 Å². The van der Waals surface area contributed by atoms with Gasteiger partial charge in [0.2, 0.25) is 0 Å². The number of alkyl carbamates (subject to hydrolysis) is 1. The Bertz CT molecular complexity index is 644. The van der Waals surface area contributed by atoms with Crippen LogP contribution in [0.25, 0.3) is 0 Å². The highest BCUT2D eigenvalue weighted by Gasteiger charge is 2.16. The van der Waals surface area contributed by atoms with E-state index in [0.29, 0.717) is 10.7 Å². The van der Waals surface area contributed by atoms with Crippen molar-refractivity contribution >= 4 is 46.9 Å². The van der Waals surface area contributed by atoms with E-state index in [4.69, 9.17) is 32.7 Å². The molecule has 0 heterocycles. The summed E-state index contributed by atoms with van der Waals surface area (Å²) in [4.78, 5) is 34.7. The molecule has 1 aromatic carbocycles. The molecule has 2 N–H and O–H groups in total. The van der Waals surface area contributed by atoms with Gasteiger partial charge in [0.05, 0.1) is 22.2 Å². The van der Waals surface area contributed by atoms with Crippen LogP contribution in [-0.2, 0) is 19.1 Å². The molecular weight excluding hydrogens is 371 g/mol. The van der Waals surface area contributed by atoms with Gasteiger partial charge in [-0.15, -0.1) is 0 Å². The standard InChI is InChI=1S/C16H20Cl2N2O5/c1-16(2,3)25-15(23)19-8-7-13(22)24-9-12(21)20-11-6-4-5-10(17)14(11)18/h4-6H,7-9H2,1-3H3,(H,19,23)(H,20,21). The van der Waals surface area contributed by atoms with Crippen LogP contribution in [-0.4, -0.2) is 36.7 Å². The first-order valence-electron chi connectivity index (χ1n) is 7.45. The van der Waals surface area contributed by atoms with E-state index in [0.717, 1.165) is 0 Å². The first-order chi connectivity index (χ1) is 11.6. The fourth-order valence-electron chi connectivity index (χ4n) is 1.59. The van der Waals surface area contributed by atoms with E-state index in [-0.39, 0.29) is 18.0 Å². The van der Waals surface area contributed by atoms with Crippen molar-refractivity contribution in [1.82, 2.24) is 5.32 Å². The Hall–Kier alpha value is -1.99. The summed E-state index contributed by atoms with van der Waals surface area (Å²) in [5.41, 5.74) is -0.300. The molecule has 0 radical (unpaired) electrons. The van der Waals surface area contributed by atoms with Crippen molar-refractivity contribution in [3.63, 3.8) is 0 Å². The van der Waals surface area contributed by atoms with Crippen molar-refractivity contribution in [1.29, 1.82) is 0 Å². The zero-order valence-corrected chi connectivity index (χ0v) is 15.7. The van der Waals surface area contributed by atoms with Gasteiger partial charge in [-0.3, -0.25) is 9.59 Å². The second-order valence-electron chi connectivity index (χ2n) is 5.99. The molecule has 0 aliphatic rings. The van der Waals surface area contributed by atoms with Crippen LogP contribution in [0.5, 0.6) is 0 Å². The van der Waals surface area contributed by atoms with E-state index < -0.39 is 30.2 Å². The summed E-state index contributed by atoms with van der Waals surface area (Å²) >= 11 is 11.8. The van der Waals surface area contributed by atoms with Gasteiger partial charge in [0, 0.05) is 6.54 Å². The molecular formula is C16H20Cl2N2O5. The number of hydrogen-bond acceptors (Lipinski definition) is 5. The molecule has 2 amide bonds. The normalized spacial score (nSPS) is 10.8. The molecule has 0 aliphatic carbocycles. The van der Waals surface area contributed by atoms with E-state index in [1.165, 1.54) is 0 Å². The number of amides is 2. The summed E-state index contributed by atoms with van der Waals surface area (Å²) in [6.45, 7) is 4.74. The Morgan fingerprint density at radius 2 is 1.84 bits per heavy atom. The maximum Gasteiger partial charge on any atom is 0.407 e. The largest absolute Gasteiger partial charge is 0.456 e. The van der Waals surface area contributed by atoms with Gasteiger partial charge >= 0.3 is 12.1 Å². The first kappa shape index (κ1) is 21.1. The number of carbonyl (C=O) groups excluding carboxylic acids is 3. The third-order valence-electron chi connectivity index (χ3n) is 2.59. The minimum atomic E-state index is -0.636. The van der Waals surface area contributed by atoms with Gasteiger partial charge in [-0.25, -0.2) is 4.79 Å². The highest BCUT2D eigenvalue weighted by atomic mass is 35.5. The lowest BCUT2D eigenvalue weighted by atomic mass is 10.2. The molecule has 0 fully saturated rings. The van der Waals surface area contributed by atoms with Crippen LogP contribution in [0.1, 0.15) is 27.2 Å². The average Bonchev–Trinajstić information content (AvgIpc) is 2.48. The third kappa shape index (κ3) is 8.60. The number of esters is 1. The Balaban J connectivity index is 2.28. The molecule has 0 aliphatic heterocycles. The van der Waals surface area contributed by atoms with Crippen molar-refractivity contribution in [2.24, 2.45) is 0 Å². The van der Waals surface area contributed by atoms with E-state index in [1.54, 1.807) is 39.0 Å². The zero-order valence-electron chi connectivity index (χ0n) is 14.2. The van der Waals surface area contributed by atoms with Crippen molar-refractivity contribution in [2.45, 2.75) is 32.8 Å². The summed E-state index contributed by atoms with van der Waals surface area (Å²) in [6, 6.07) is 4.77. The topological polar surface area (TPSA) is 93.7 Å². The third-order valence-corrected chi connectivity index (χ3v) is 3.41. The molecule has 138 valence electrons. The SMILES string of the molecule is CC(C)(C)OC(=O)NCCC(=O)OCC(=O)Nc1cccc(Cl)c1Cl. The van der Waals surface area contributed by atoms with E-state index >= 15 is 0 Å². The Morgan fingerprint density at radius 1 is 1.16 bits per heavy atom. The number of carbonyl (C=O) groups is 3. The Morgan fingerprint density at radius 3 is 2.48 bits per heavy atom. The van der Waals surface area contributed by atoms with Gasteiger partial charge in [-0.05, 0) is 32.9 Å². The van der Waals surface area contributed by atoms with Crippen LogP contribution < -0.4 is 10.6 Å². The lowest BCUT2D eigenvalue weighted by Crippen LogP contribution is -2.34. The monoisotopic (exact) mass is 390 g/mol. The van der Waals surface area contributed by atoms with Gasteiger partial charge in [0.25, 0.3) is 5.91 Å². The fraction of sp³-hybridized carbons (Fsp3) is 0.438. The molecule has 0 spiro atoms. The number of benzene rings is 1. The first-order valence-corrected chi connectivity index (χ1v) is 8.20. The predicted octanol–water partition coefficient (Wildman–Crippen LogP) is 3.39. The molecule has 7 nitrogen and oxygen atoms in total. The number of hydrogen-bond donors (Lipinski definition) is 2. The molecule has 1 rings (SSSR count). The Kier molecular flexibility index (Phi) is 7.99. The molecule has 0 atom stereocenters. The van der Waals surface area contributed by atoms with Crippen LogP contribution in [0.3, 0.4) is 0 Å². The fourth-order valence-corrected chi connectivity index (χ4v) is 1.93. The van der Waals surface area contributed by atoms with Gasteiger partial charge in [0.1, 0.15) is 5.60 Å². The highest BCUT2D eigenvalue weighted by Crippen LogP contribution is 2.29. The number of anilines is 1. The van der Waals surface area contributed by atoms with Crippen molar-refractivity contribution in [2.75, 3.05) is 18.5 Å². The molecule has 1 aromatic rings. The average molecular weight is 391 g/mol. The molecule has 0 saturated heterocycles. The summed E-state index contributed by atoms with van der Waals surface area (Å²) in [5.74, 6) is -1.19. The number of nitrogens with one attached hydrogen (secondary N) is 2. The van der Waals surface area contributed by atoms with Crippen molar-refractivity contribution < 1.29 is 23.9 Å². The van der Waals surface area contributed by atoms with Gasteiger partial charge < -0.3 is 20.1 Å². The zero-order chi connectivity index (χ0) is 19.0.